The Hall–Kier alpha value is -2.81. The SMILES string of the molecule is COc1ccc(-c2cnc(SCC(=O)N[C@@H]3CCC[C@H]3N(C)CCc3ccc(Cl)cc3)nc2)cc1OC. The van der Waals surface area contributed by atoms with Crippen LogP contribution >= 0.6 is 23.4 Å². The van der Waals surface area contributed by atoms with Crippen molar-refractivity contribution in [2.45, 2.75) is 42.9 Å². The van der Waals surface area contributed by atoms with E-state index in [1.54, 1.807) is 26.6 Å². The minimum absolute atomic E-state index is 0.0144. The number of aromatic nitrogens is 2. The van der Waals surface area contributed by atoms with Crippen molar-refractivity contribution in [1.29, 1.82) is 0 Å². The van der Waals surface area contributed by atoms with E-state index in [1.807, 2.05) is 30.3 Å². The van der Waals surface area contributed by atoms with Crippen LogP contribution < -0.4 is 14.8 Å². The fourth-order valence-electron chi connectivity index (χ4n) is 4.69. The van der Waals surface area contributed by atoms with Crippen molar-refractivity contribution in [3.63, 3.8) is 0 Å². The zero-order valence-electron chi connectivity index (χ0n) is 21.4. The van der Waals surface area contributed by atoms with Gasteiger partial charge >= 0.3 is 0 Å². The number of nitrogens with zero attached hydrogens (tertiary/aromatic N) is 3. The lowest BCUT2D eigenvalue weighted by Crippen LogP contribution is -2.48. The van der Waals surface area contributed by atoms with E-state index in [1.165, 1.54) is 17.3 Å². The molecule has 3 aromatic rings. The second-order valence-corrected chi connectivity index (χ2v) is 10.5. The van der Waals surface area contributed by atoms with E-state index in [9.17, 15) is 4.79 Å². The topological polar surface area (TPSA) is 76.6 Å². The minimum atomic E-state index is 0.0144. The fraction of sp³-hybridized carbons (Fsp3) is 0.393. The van der Waals surface area contributed by atoms with Gasteiger partial charge in [0.2, 0.25) is 5.91 Å². The summed E-state index contributed by atoms with van der Waals surface area (Å²) in [6, 6.07) is 14.2. The van der Waals surface area contributed by atoms with Crippen molar-refractivity contribution >= 4 is 29.3 Å². The number of benzene rings is 2. The van der Waals surface area contributed by atoms with Crippen molar-refractivity contribution in [2.24, 2.45) is 0 Å². The second-order valence-electron chi connectivity index (χ2n) is 9.14. The zero-order chi connectivity index (χ0) is 26.2. The third-order valence-corrected chi connectivity index (χ3v) is 7.86. The molecule has 1 amide bonds. The smallest absolute Gasteiger partial charge is 0.230 e. The van der Waals surface area contributed by atoms with E-state index in [2.05, 4.69) is 39.4 Å². The van der Waals surface area contributed by atoms with Crippen LogP contribution in [0.15, 0.2) is 60.0 Å². The molecule has 2 aromatic carbocycles. The first kappa shape index (κ1) is 27.2. The van der Waals surface area contributed by atoms with Gasteiger partial charge in [0.15, 0.2) is 16.7 Å². The van der Waals surface area contributed by atoms with Gasteiger partial charge in [-0.05, 0) is 68.1 Å². The number of thioether (sulfide) groups is 1. The summed E-state index contributed by atoms with van der Waals surface area (Å²) in [5.41, 5.74) is 3.06. The number of ether oxygens (including phenoxy) is 2. The molecular weight excluding hydrogens is 508 g/mol. The maximum absolute atomic E-state index is 12.7. The highest BCUT2D eigenvalue weighted by Gasteiger charge is 2.31. The van der Waals surface area contributed by atoms with Crippen LogP contribution in [0.2, 0.25) is 5.02 Å². The summed E-state index contributed by atoms with van der Waals surface area (Å²) < 4.78 is 10.7. The van der Waals surface area contributed by atoms with E-state index in [-0.39, 0.29) is 17.7 Å². The number of nitrogens with one attached hydrogen (secondary N) is 1. The predicted octanol–water partition coefficient (Wildman–Crippen LogP) is 5.12. The molecule has 0 bridgehead atoms. The first-order valence-corrected chi connectivity index (χ1v) is 13.7. The standard InChI is InChI=1S/C28H33ClN4O3S/c1-33(14-13-19-7-10-22(29)11-8-19)24-6-4-5-23(24)32-27(34)18-37-28-30-16-21(17-31-28)20-9-12-25(35-2)26(15-20)36-3/h7-12,15-17,23-24H,4-6,13-14,18H2,1-3H3,(H,32,34)/t23-,24-/m1/s1. The summed E-state index contributed by atoms with van der Waals surface area (Å²) in [5, 5.41) is 4.58. The number of amides is 1. The molecule has 2 atom stereocenters. The number of methoxy groups -OCH3 is 2. The van der Waals surface area contributed by atoms with Gasteiger partial charge in [0, 0.05) is 41.6 Å². The Labute approximate surface area is 227 Å². The summed E-state index contributed by atoms with van der Waals surface area (Å²) in [4.78, 5) is 24.0. The quantitative estimate of drug-likeness (QED) is 0.267. The number of hydrogen-bond donors (Lipinski definition) is 1. The van der Waals surface area contributed by atoms with Gasteiger partial charge in [-0.3, -0.25) is 4.79 Å². The molecule has 9 heteroatoms. The van der Waals surface area contributed by atoms with Crippen LogP contribution in [0, 0.1) is 0 Å². The lowest BCUT2D eigenvalue weighted by molar-refractivity contribution is -0.119. The number of hydrogen-bond acceptors (Lipinski definition) is 7. The summed E-state index contributed by atoms with van der Waals surface area (Å²) in [7, 11) is 5.36. The van der Waals surface area contributed by atoms with Crippen LogP contribution in [-0.2, 0) is 11.2 Å². The molecule has 1 saturated carbocycles. The summed E-state index contributed by atoms with van der Waals surface area (Å²) >= 11 is 7.34. The average molecular weight is 541 g/mol. The largest absolute Gasteiger partial charge is 0.493 e. The Kier molecular flexibility index (Phi) is 9.66. The molecule has 1 N–H and O–H groups in total. The van der Waals surface area contributed by atoms with Crippen molar-refractivity contribution in [3.05, 3.63) is 65.4 Å². The average Bonchev–Trinajstić information content (AvgIpc) is 3.39. The van der Waals surface area contributed by atoms with Crippen LogP contribution in [0.5, 0.6) is 11.5 Å². The highest BCUT2D eigenvalue weighted by Crippen LogP contribution is 2.32. The molecule has 4 rings (SSSR count). The summed E-state index contributed by atoms with van der Waals surface area (Å²) in [5.74, 6) is 1.62. The van der Waals surface area contributed by atoms with Crippen LogP contribution in [0.4, 0.5) is 0 Å². The third-order valence-electron chi connectivity index (χ3n) is 6.74. The van der Waals surface area contributed by atoms with Crippen molar-refractivity contribution in [3.8, 4) is 22.6 Å². The van der Waals surface area contributed by atoms with E-state index in [0.29, 0.717) is 22.7 Å². The number of likely N-dealkylation sites (N-methyl/N-ethyl adjacent to an activating group) is 1. The maximum Gasteiger partial charge on any atom is 0.230 e. The monoisotopic (exact) mass is 540 g/mol. The van der Waals surface area contributed by atoms with Gasteiger partial charge in [0.1, 0.15) is 0 Å². The zero-order valence-corrected chi connectivity index (χ0v) is 23.0. The highest BCUT2D eigenvalue weighted by atomic mass is 35.5. The third kappa shape index (κ3) is 7.37. The van der Waals surface area contributed by atoms with Crippen LogP contribution in [0.1, 0.15) is 24.8 Å². The molecule has 0 aliphatic heterocycles. The number of carbonyl (C=O) groups is 1. The van der Waals surface area contributed by atoms with E-state index in [0.717, 1.165) is 48.4 Å². The second kappa shape index (κ2) is 13.1. The molecular formula is C28H33ClN4O3S. The van der Waals surface area contributed by atoms with E-state index in [4.69, 9.17) is 21.1 Å². The van der Waals surface area contributed by atoms with Gasteiger partial charge in [-0.15, -0.1) is 0 Å². The minimum Gasteiger partial charge on any atom is -0.493 e. The molecule has 1 aromatic heterocycles. The lowest BCUT2D eigenvalue weighted by atomic mass is 10.1. The molecule has 0 radical (unpaired) electrons. The van der Waals surface area contributed by atoms with Crippen molar-refractivity contribution in [1.82, 2.24) is 20.2 Å². The van der Waals surface area contributed by atoms with Gasteiger partial charge < -0.3 is 19.7 Å². The Morgan fingerprint density at radius 3 is 2.49 bits per heavy atom. The van der Waals surface area contributed by atoms with Gasteiger partial charge in [0.05, 0.1) is 20.0 Å². The molecule has 1 aliphatic carbocycles. The van der Waals surface area contributed by atoms with Crippen LogP contribution in [-0.4, -0.2) is 66.4 Å². The lowest BCUT2D eigenvalue weighted by Gasteiger charge is -2.30. The van der Waals surface area contributed by atoms with E-state index < -0.39 is 0 Å². The maximum atomic E-state index is 12.7. The van der Waals surface area contributed by atoms with Gasteiger partial charge in [-0.1, -0.05) is 41.6 Å². The van der Waals surface area contributed by atoms with Crippen molar-refractivity contribution < 1.29 is 14.3 Å². The Bertz CT molecular complexity index is 1180. The molecule has 1 heterocycles. The molecule has 1 fully saturated rings. The molecule has 37 heavy (non-hydrogen) atoms. The van der Waals surface area contributed by atoms with Gasteiger partial charge in [-0.2, -0.15) is 0 Å². The number of halogens is 1. The Morgan fingerprint density at radius 2 is 1.78 bits per heavy atom. The fourth-order valence-corrected chi connectivity index (χ4v) is 5.42. The number of carbonyl (C=O) groups excluding carboxylic acids is 1. The normalized spacial score (nSPS) is 17.1. The molecule has 0 saturated heterocycles. The molecule has 0 unspecified atom stereocenters. The van der Waals surface area contributed by atoms with Gasteiger partial charge in [-0.25, -0.2) is 9.97 Å². The molecule has 0 spiro atoms. The van der Waals surface area contributed by atoms with Crippen molar-refractivity contribution in [2.75, 3.05) is 33.6 Å². The first-order valence-electron chi connectivity index (χ1n) is 12.4. The van der Waals surface area contributed by atoms with Gasteiger partial charge in [0.25, 0.3) is 0 Å². The predicted molar refractivity (Wildman–Crippen MR) is 149 cm³/mol. The van der Waals surface area contributed by atoms with E-state index >= 15 is 0 Å². The molecule has 196 valence electrons. The summed E-state index contributed by atoms with van der Waals surface area (Å²) in [6.45, 7) is 0.938. The number of rotatable bonds is 11. The Morgan fingerprint density at radius 1 is 1.05 bits per heavy atom. The van der Waals surface area contributed by atoms with Crippen LogP contribution in [0.25, 0.3) is 11.1 Å². The van der Waals surface area contributed by atoms with Crippen LogP contribution in [0.3, 0.4) is 0 Å². The molecule has 7 nitrogen and oxygen atoms in total. The molecule has 1 aliphatic rings. The Balaban J connectivity index is 1.26. The highest BCUT2D eigenvalue weighted by molar-refractivity contribution is 7.99. The summed E-state index contributed by atoms with van der Waals surface area (Å²) in [6.07, 6.45) is 7.69. The first-order chi connectivity index (χ1) is 18.0.